The molecule has 1 saturated heterocycles. The zero-order chi connectivity index (χ0) is 16.9. The van der Waals surface area contributed by atoms with Gasteiger partial charge in [0.2, 0.25) is 5.91 Å². The minimum Gasteiger partial charge on any atom is -0.353 e. The van der Waals surface area contributed by atoms with Gasteiger partial charge in [-0.25, -0.2) is 0 Å². The Labute approximate surface area is 142 Å². The minimum atomic E-state index is -0.00345. The lowest BCUT2D eigenvalue weighted by atomic mass is 10.0. The largest absolute Gasteiger partial charge is 0.353 e. The predicted molar refractivity (Wildman–Crippen MR) is 94.6 cm³/mol. The Kier molecular flexibility index (Phi) is 4.94. The molecule has 1 fully saturated rings. The van der Waals surface area contributed by atoms with E-state index in [2.05, 4.69) is 17.4 Å². The molecule has 0 unspecified atom stereocenters. The Morgan fingerprint density at radius 1 is 0.917 bits per heavy atom. The van der Waals surface area contributed by atoms with E-state index in [1.165, 1.54) is 6.92 Å². The number of carbonyl (C=O) groups excluding carboxylic acids is 2. The summed E-state index contributed by atoms with van der Waals surface area (Å²) in [5, 5.41) is 2.93. The summed E-state index contributed by atoms with van der Waals surface area (Å²) in [6, 6.07) is 18.1. The highest BCUT2D eigenvalue weighted by Crippen LogP contribution is 2.20. The molecular formula is C20H22N2O2. The van der Waals surface area contributed by atoms with Crippen molar-refractivity contribution in [2.45, 2.75) is 25.8 Å². The Morgan fingerprint density at radius 3 is 2.08 bits per heavy atom. The van der Waals surface area contributed by atoms with Crippen molar-refractivity contribution in [3.8, 4) is 11.1 Å². The highest BCUT2D eigenvalue weighted by atomic mass is 16.2. The van der Waals surface area contributed by atoms with Crippen LogP contribution < -0.4 is 5.32 Å². The van der Waals surface area contributed by atoms with Crippen molar-refractivity contribution in [2.75, 3.05) is 13.1 Å². The second-order valence-electron chi connectivity index (χ2n) is 6.21. The minimum absolute atomic E-state index is 0.00345. The number of hydrogen-bond acceptors (Lipinski definition) is 2. The van der Waals surface area contributed by atoms with Gasteiger partial charge in [0.05, 0.1) is 0 Å². The topological polar surface area (TPSA) is 49.4 Å². The SMILES string of the molecule is CC(=O)NC1CCN(C(=O)c2ccc(-c3ccccc3)cc2)CC1. The zero-order valence-corrected chi connectivity index (χ0v) is 13.9. The smallest absolute Gasteiger partial charge is 0.253 e. The van der Waals surface area contributed by atoms with E-state index in [4.69, 9.17) is 0 Å². The number of benzene rings is 2. The monoisotopic (exact) mass is 322 g/mol. The summed E-state index contributed by atoms with van der Waals surface area (Å²) in [4.78, 5) is 25.6. The molecule has 2 amide bonds. The van der Waals surface area contributed by atoms with Crippen LogP contribution in [-0.2, 0) is 4.79 Å². The molecular weight excluding hydrogens is 300 g/mol. The fourth-order valence-electron chi connectivity index (χ4n) is 3.13. The van der Waals surface area contributed by atoms with E-state index in [0.717, 1.165) is 24.0 Å². The molecule has 3 rings (SSSR count). The number of hydrogen-bond donors (Lipinski definition) is 1. The van der Waals surface area contributed by atoms with Gasteiger partial charge >= 0.3 is 0 Å². The number of nitrogens with one attached hydrogen (secondary N) is 1. The van der Waals surface area contributed by atoms with Crippen molar-refractivity contribution in [1.29, 1.82) is 0 Å². The van der Waals surface area contributed by atoms with E-state index in [9.17, 15) is 9.59 Å². The van der Waals surface area contributed by atoms with Crippen LogP contribution in [0.15, 0.2) is 54.6 Å². The molecule has 24 heavy (non-hydrogen) atoms. The first-order valence-electron chi connectivity index (χ1n) is 8.35. The van der Waals surface area contributed by atoms with Crippen molar-refractivity contribution in [1.82, 2.24) is 10.2 Å². The number of likely N-dealkylation sites (tertiary alicyclic amines) is 1. The second kappa shape index (κ2) is 7.30. The summed E-state index contributed by atoms with van der Waals surface area (Å²) < 4.78 is 0. The molecule has 124 valence electrons. The third-order valence-electron chi connectivity index (χ3n) is 4.43. The molecule has 0 aromatic heterocycles. The molecule has 1 N–H and O–H groups in total. The van der Waals surface area contributed by atoms with Crippen LogP contribution in [0.4, 0.5) is 0 Å². The first kappa shape index (κ1) is 16.2. The maximum absolute atomic E-state index is 12.6. The van der Waals surface area contributed by atoms with Crippen LogP contribution in [0.5, 0.6) is 0 Å². The summed E-state index contributed by atoms with van der Waals surface area (Å²) in [5.74, 6) is 0.0622. The number of carbonyl (C=O) groups is 2. The number of nitrogens with zero attached hydrogens (tertiary/aromatic N) is 1. The van der Waals surface area contributed by atoms with Gasteiger partial charge < -0.3 is 10.2 Å². The molecule has 2 aromatic carbocycles. The summed E-state index contributed by atoms with van der Waals surface area (Å²) in [6.07, 6.45) is 1.63. The second-order valence-corrected chi connectivity index (χ2v) is 6.21. The van der Waals surface area contributed by atoms with Crippen molar-refractivity contribution >= 4 is 11.8 Å². The number of rotatable bonds is 3. The lowest BCUT2D eigenvalue weighted by Gasteiger charge is -2.32. The van der Waals surface area contributed by atoms with Gasteiger partial charge in [0.1, 0.15) is 0 Å². The van der Waals surface area contributed by atoms with Gasteiger partial charge in [-0.1, -0.05) is 42.5 Å². The molecule has 0 bridgehead atoms. The maximum Gasteiger partial charge on any atom is 0.253 e. The quantitative estimate of drug-likeness (QED) is 0.944. The van der Waals surface area contributed by atoms with Crippen LogP contribution in [0.25, 0.3) is 11.1 Å². The molecule has 4 nitrogen and oxygen atoms in total. The predicted octanol–water partition coefficient (Wildman–Crippen LogP) is 3.09. The van der Waals surface area contributed by atoms with Crippen molar-refractivity contribution in [3.05, 3.63) is 60.2 Å². The van der Waals surface area contributed by atoms with Crippen molar-refractivity contribution in [3.63, 3.8) is 0 Å². The highest BCUT2D eigenvalue weighted by molar-refractivity contribution is 5.94. The molecule has 0 aliphatic carbocycles. The molecule has 1 aliphatic rings. The third kappa shape index (κ3) is 3.82. The zero-order valence-electron chi connectivity index (χ0n) is 13.9. The first-order chi connectivity index (χ1) is 11.6. The molecule has 0 radical (unpaired) electrons. The van der Waals surface area contributed by atoms with Gasteiger partial charge in [-0.15, -0.1) is 0 Å². The molecule has 4 heteroatoms. The molecule has 2 aromatic rings. The van der Waals surface area contributed by atoms with Crippen LogP contribution in [0.3, 0.4) is 0 Å². The van der Waals surface area contributed by atoms with Gasteiger partial charge in [0.25, 0.3) is 5.91 Å². The standard InChI is InChI=1S/C20H22N2O2/c1-15(23)21-19-11-13-22(14-12-19)20(24)18-9-7-17(8-10-18)16-5-3-2-4-6-16/h2-10,19H,11-14H2,1H3,(H,21,23). The molecule has 1 aliphatic heterocycles. The summed E-state index contributed by atoms with van der Waals surface area (Å²) in [5.41, 5.74) is 2.97. The Balaban J connectivity index is 1.63. The molecule has 0 spiro atoms. The normalized spacial score (nSPS) is 15.1. The van der Waals surface area contributed by atoms with Crippen LogP contribution in [0.2, 0.25) is 0 Å². The molecule has 0 atom stereocenters. The number of piperidine rings is 1. The van der Waals surface area contributed by atoms with E-state index in [-0.39, 0.29) is 17.9 Å². The Hall–Kier alpha value is -2.62. The van der Waals surface area contributed by atoms with E-state index < -0.39 is 0 Å². The van der Waals surface area contributed by atoms with Gasteiger partial charge in [0.15, 0.2) is 0 Å². The molecule has 1 heterocycles. The van der Waals surface area contributed by atoms with Gasteiger partial charge in [0, 0.05) is 31.6 Å². The van der Waals surface area contributed by atoms with Crippen LogP contribution in [-0.4, -0.2) is 35.8 Å². The van der Waals surface area contributed by atoms with E-state index in [1.807, 2.05) is 47.4 Å². The average molecular weight is 322 g/mol. The van der Waals surface area contributed by atoms with E-state index in [0.29, 0.717) is 18.7 Å². The van der Waals surface area contributed by atoms with Crippen molar-refractivity contribution < 1.29 is 9.59 Å². The fraction of sp³-hybridized carbons (Fsp3) is 0.300. The Bertz CT molecular complexity index is 702. The lowest BCUT2D eigenvalue weighted by molar-refractivity contribution is -0.119. The highest BCUT2D eigenvalue weighted by Gasteiger charge is 2.23. The Morgan fingerprint density at radius 2 is 1.50 bits per heavy atom. The fourth-order valence-corrected chi connectivity index (χ4v) is 3.13. The summed E-state index contributed by atoms with van der Waals surface area (Å²) in [6.45, 7) is 2.90. The van der Waals surface area contributed by atoms with Gasteiger partial charge in [-0.05, 0) is 36.1 Å². The van der Waals surface area contributed by atoms with E-state index in [1.54, 1.807) is 0 Å². The van der Waals surface area contributed by atoms with Gasteiger partial charge in [-0.3, -0.25) is 9.59 Å². The van der Waals surface area contributed by atoms with Crippen LogP contribution in [0, 0.1) is 0 Å². The lowest BCUT2D eigenvalue weighted by Crippen LogP contribution is -2.46. The number of amides is 2. The summed E-state index contributed by atoms with van der Waals surface area (Å²) in [7, 11) is 0. The molecule has 0 saturated carbocycles. The third-order valence-corrected chi connectivity index (χ3v) is 4.43. The summed E-state index contributed by atoms with van der Waals surface area (Å²) >= 11 is 0. The van der Waals surface area contributed by atoms with Crippen molar-refractivity contribution in [2.24, 2.45) is 0 Å². The maximum atomic E-state index is 12.6. The van der Waals surface area contributed by atoms with Crippen LogP contribution >= 0.6 is 0 Å². The van der Waals surface area contributed by atoms with E-state index >= 15 is 0 Å². The first-order valence-corrected chi connectivity index (χ1v) is 8.35. The van der Waals surface area contributed by atoms with Crippen LogP contribution in [0.1, 0.15) is 30.1 Å². The van der Waals surface area contributed by atoms with Gasteiger partial charge in [-0.2, -0.15) is 0 Å². The average Bonchev–Trinajstić information content (AvgIpc) is 2.62.